The Kier molecular flexibility index (Phi) is 3.84. The van der Waals surface area contributed by atoms with Crippen molar-refractivity contribution in [1.82, 2.24) is 4.98 Å². The number of carbonyl (C=O) groups is 1. The zero-order valence-corrected chi connectivity index (χ0v) is 11.8. The number of nitro groups is 1. The van der Waals surface area contributed by atoms with Crippen molar-refractivity contribution in [3.63, 3.8) is 0 Å². The maximum Gasteiger partial charge on any atom is 0.291 e. The minimum Gasteiger partial charge on any atom is -0.451 e. The summed E-state index contributed by atoms with van der Waals surface area (Å²) in [4.78, 5) is 26.3. The fourth-order valence-corrected chi connectivity index (χ4v) is 2.02. The number of non-ortho nitro benzene ring substituents is 1. The number of aromatic nitrogens is 1. The summed E-state index contributed by atoms with van der Waals surface area (Å²) in [7, 11) is 0. The molecule has 1 aromatic carbocycles. The topological polar surface area (TPSA) is 98.3 Å². The van der Waals surface area contributed by atoms with Gasteiger partial charge in [0.25, 0.3) is 11.6 Å². The number of carbonyl (C=O) groups excluding carboxylic acids is 1. The monoisotopic (exact) mass is 309 g/mol. The quantitative estimate of drug-likeness (QED) is 0.587. The minimum absolute atomic E-state index is 0.0414. The highest BCUT2D eigenvalue weighted by molar-refractivity contribution is 6.02. The normalized spacial score (nSPS) is 10.3. The lowest BCUT2D eigenvalue weighted by molar-refractivity contribution is -0.384. The molecule has 114 valence electrons. The Bertz CT molecular complexity index is 859. The van der Waals surface area contributed by atoms with Crippen molar-refractivity contribution in [1.29, 1.82) is 0 Å². The molecule has 0 saturated heterocycles. The van der Waals surface area contributed by atoms with Gasteiger partial charge in [0.1, 0.15) is 5.76 Å². The van der Waals surface area contributed by atoms with E-state index in [-0.39, 0.29) is 11.4 Å². The summed E-state index contributed by atoms with van der Waals surface area (Å²) in [5.74, 6) is 0.0649. The maximum absolute atomic E-state index is 12.1. The molecule has 0 spiro atoms. The summed E-state index contributed by atoms with van der Waals surface area (Å²) < 4.78 is 5.48. The molecule has 1 N–H and O–H groups in total. The summed E-state index contributed by atoms with van der Waals surface area (Å²) in [6, 6.07) is 12.5. The van der Waals surface area contributed by atoms with E-state index in [1.165, 1.54) is 24.4 Å². The van der Waals surface area contributed by atoms with Crippen LogP contribution in [0.2, 0.25) is 0 Å². The summed E-state index contributed by atoms with van der Waals surface area (Å²) in [6.07, 6.45) is 3.12. The molecule has 0 saturated carbocycles. The number of nitro benzene ring substituents is 1. The zero-order valence-electron chi connectivity index (χ0n) is 11.8. The standard InChI is InChI=1S/C16H11N3O4/c20-16(18-12-4-2-8-17-10-12)15-7-6-14(23-15)11-3-1-5-13(9-11)19(21)22/h1-10H,(H,18,20). The minimum atomic E-state index is -0.484. The molecule has 2 aromatic heterocycles. The lowest BCUT2D eigenvalue weighted by Crippen LogP contribution is -2.10. The highest BCUT2D eigenvalue weighted by atomic mass is 16.6. The molecule has 0 aliphatic rings. The summed E-state index contributed by atoms with van der Waals surface area (Å²) >= 11 is 0. The second kappa shape index (κ2) is 6.10. The van der Waals surface area contributed by atoms with E-state index in [0.717, 1.165) is 0 Å². The third-order valence-corrected chi connectivity index (χ3v) is 3.09. The van der Waals surface area contributed by atoms with Gasteiger partial charge in [0.15, 0.2) is 5.76 Å². The van der Waals surface area contributed by atoms with E-state index in [0.29, 0.717) is 17.0 Å². The van der Waals surface area contributed by atoms with E-state index in [9.17, 15) is 14.9 Å². The number of hydrogen-bond donors (Lipinski definition) is 1. The number of furan rings is 1. The summed E-state index contributed by atoms with van der Waals surface area (Å²) in [5.41, 5.74) is 1.03. The number of nitrogens with zero attached hydrogens (tertiary/aromatic N) is 2. The predicted molar refractivity (Wildman–Crippen MR) is 83.0 cm³/mol. The van der Waals surface area contributed by atoms with E-state index in [2.05, 4.69) is 10.3 Å². The van der Waals surface area contributed by atoms with Gasteiger partial charge in [-0.25, -0.2) is 0 Å². The summed E-state index contributed by atoms with van der Waals surface area (Å²) in [6.45, 7) is 0. The largest absolute Gasteiger partial charge is 0.451 e. The van der Waals surface area contributed by atoms with E-state index in [4.69, 9.17) is 4.42 Å². The molecule has 23 heavy (non-hydrogen) atoms. The van der Waals surface area contributed by atoms with Gasteiger partial charge in [0.05, 0.1) is 16.8 Å². The molecule has 0 unspecified atom stereocenters. The highest BCUT2D eigenvalue weighted by Gasteiger charge is 2.14. The first-order chi connectivity index (χ1) is 11.1. The van der Waals surface area contributed by atoms with Crippen molar-refractivity contribution in [2.75, 3.05) is 5.32 Å². The average Bonchev–Trinajstić information content (AvgIpc) is 3.06. The van der Waals surface area contributed by atoms with Gasteiger partial charge in [0.2, 0.25) is 0 Å². The van der Waals surface area contributed by atoms with Crippen LogP contribution in [0.5, 0.6) is 0 Å². The van der Waals surface area contributed by atoms with Crippen LogP contribution in [-0.2, 0) is 0 Å². The van der Waals surface area contributed by atoms with Crippen LogP contribution in [0.1, 0.15) is 10.6 Å². The van der Waals surface area contributed by atoms with Gasteiger partial charge in [-0.05, 0) is 24.3 Å². The molecule has 1 amide bonds. The average molecular weight is 309 g/mol. The molecule has 2 heterocycles. The Morgan fingerprint density at radius 3 is 2.78 bits per heavy atom. The van der Waals surface area contributed by atoms with Gasteiger partial charge in [0, 0.05) is 23.9 Å². The Hall–Kier alpha value is -3.48. The Morgan fingerprint density at radius 1 is 1.17 bits per heavy atom. The molecule has 3 aromatic rings. The lowest BCUT2D eigenvalue weighted by Gasteiger charge is -2.01. The van der Waals surface area contributed by atoms with Crippen molar-refractivity contribution >= 4 is 17.3 Å². The smallest absolute Gasteiger partial charge is 0.291 e. The van der Waals surface area contributed by atoms with Gasteiger partial charge in [-0.3, -0.25) is 19.9 Å². The molecule has 0 fully saturated rings. The van der Waals surface area contributed by atoms with Gasteiger partial charge < -0.3 is 9.73 Å². The molecular formula is C16H11N3O4. The number of benzene rings is 1. The van der Waals surface area contributed by atoms with E-state index in [1.54, 1.807) is 36.5 Å². The fourth-order valence-electron chi connectivity index (χ4n) is 2.02. The SMILES string of the molecule is O=C(Nc1cccnc1)c1ccc(-c2cccc([N+](=O)[O-])c2)o1. The Morgan fingerprint density at radius 2 is 2.04 bits per heavy atom. The molecule has 0 atom stereocenters. The van der Waals surface area contributed by atoms with E-state index >= 15 is 0 Å². The first-order valence-corrected chi connectivity index (χ1v) is 6.69. The van der Waals surface area contributed by atoms with Crippen LogP contribution < -0.4 is 5.32 Å². The molecule has 3 rings (SSSR count). The first-order valence-electron chi connectivity index (χ1n) is 6.69. The van der Waals surface area contributed by atoms with Crippen LogP contribution in [-0.4, -0.2) is 15.8 Å². The van der Waals surface area contributed by atoms with Crippen LogP contribution in [0.4, 0.5) is 11.4 Å². The maximum atomic E-state index is 12.1. The molecule has 7 heteroatoms. The van der Waals surface area contributed by atoms with Gasteiger partial charge in [-0.2, -0.15) is 0 Å². The highest BCUT2D eigenvalue weighted by Crippen LogP contribution is 2.26. The van der Waals surface area contributed by atoms with Crippen LogP contribution in [0.25, 0.3) is 11.3 Å². The molecule has 0 aliphatic carbocycles. The molecule has 0 bridgehead atoms. The molecule has 0 radical (unpaired) electrons. The van der Waals surface area contributed by atoms with Crippen LogP contribution >= 0.6 is 0 Å². The van der Waals surface area contributed by atoms with Crippen molar-refractivity contribution < 1.29 is 14.1 Å². The predicted octanol–water partition coefficient (Wildman–Crippen LogP) is 3.50. The fraction of sp³-hybridized carbons (Fsp3) is 0. The summed E-state index contributed by atoms with van der Waals surface area (Å²) in [5, 5.41) is 13.5. The van der Waals surface area contributed by atoms with Crippen molar-refractivity contribution in [2.24, 2.45) is 0 Å². The number of rotatable bonds is 4. The number of nitrogens with one attached hydrogen (secondary N) is 1. The van der Waals surface area contributed by atoms with Crippen molar-refractivity contribution in [3.05, 3.63) is 76.8 Å². The zero-order chi connectivity index (χ0) is 16.2. The van der Waals surface area contributed by atoms with Crippen LogP contribution in [0.15, 0.2) is 65.3 Å². The van der Waals surface area contributed by atoms with Gasteiger partial charge in [-0.1, -0.05) is 12.1 Å². The van der Waals surface area contributed by atoms with Crippen LogP contribution in [0, 0.1) is 10.1 Å². The Balaban J connectivity index is 1.81. The second-order valence-electron chi connectivity index (χ2n) is 4.67. The van der Waals surface area contributed by atoms with Gasteiger partial charge in [-0.15, -0.1) is 0 Å². The van der Waals surface area contributed by atoms with Crippen molar-refractivity contribution in [2.45, 2.75) is 0 Å². The van der Waals surface area contributed by atoms with E-state index < -0.39 is 10.8 Å². The lowest BCUT2D eigenvalue weighted by atomic mass is 10.1. The third kappa shape index (κ3) is 3.24. The number of pyridine rings is 1. The number of anilines is 1. The molecule has 0 aliphatic heterocycles. The number of amides is 1. The van der Waals surface area contributed by atoms with Gasteiger partial charge >= 0.3 is 0 Å². The first kappa shape index (κ1) is 14.5. The van der Waals surface area contributed by atoms with Crippen molar-refractivity contribution in [3.8, 4) is 11.3 Å². The third-order valence-electron chi connectivity index (χ3n) is 3.09. The van der Waals surface area contributed by atoms with E-state index in [1.807, 2.05) is 0 Å². The molecule has 7 nitrogen and oxygen atoms in total. The molecular weight excluding hydrogens is 298 g/mol. The second-order valence-corrected chi connectivity index (χ2v) is 4.67. The Labute approximate surface area is 130 Å². The number of hydrogen-bond acceptors (Lipinski definition) is 5. The van der Waals surface area contributed by atoms with Crippen LogP contribution in [0.3, 0.4) is 0 Å².